The van der Waals surface area contributed by atoms with E-state index in [2.05, 4.69) is 15.0 Å². The molecule has 5 nitrogen and oxygen atoms in total. The second-order valence-corrected chi connectivity index (χ2v) is 5.59. The van der Waals surface area contributed by atoms with Gasteiger partial charge in [-0.05, 0) is 43.7 Å². The van der Waals surface area contributed by atoms with Crippen molar-refractivity contribution < 1.29 is 4.52 Å². The fourth-order valence-electron chi connectivity index (χ4n) is 2.46. The number of aromatic nitrogens is 2. The predicted molar refractivity (Wildman–Crippen MR) is 77.2 cm³/mol. The predicted octanol–water partition coefficient (Wildman–Crippen LogP) is 2.31. The molecule has 3 rings (SSSR count). The topological polar surface area (TPSA) is 68.2 Å². The lowest BCUT2D eigenvalue weighted by molar-refractivity contribution is 0.178. The summed E-state index contributed by atoms with van der Waals surface area (Å²) >= 11 is 5.86. The molecule has 1 fully saturated rings. The summed E-state index contributed by atoms with van der Waals surface area (Å²) < 4.78 is 5.31. The van der Waals surface area contributed by atoms with Crippen LogP contribution in [0.4, 0.5) is 0 Å². The van der Waals surface area contributed by atoms with E-state index in [1.54, 1.807) is 0 Å². The number of piperidine rings is 1. The van der Waals surface area contributed by atoms with E-state index in [9.17, 15) is 0 Å². The Bertz CT molecular complexity index is 569. The smallest absolute Gasteiger partial charge is 0.241 e. The third-order valence-electron chi connectivity index (χ3n) is 3.47. The van der Waals surface area contributed by atoms with E-state index in [-0.39, 0.29) is 6.04 Å². The monoisotopic (exact) mass is 292 g/mol. The SMILES string of the molecule is NC1CCCN(Cc2nc(-c3ccc(Cl)cc3)no2)C1. The number of hydrogen-bond donors (Lipinski definition) is 1. The lowest BCUT2D eigenvalue weighted by Gasteiger charge is -2.29. The van der Waals surface area contributed by atoms with E-state index >= 15 is 0 Å². The zero-order chi connectivity index (χ0) is 13.9. The number of nitrogens with two attached hydrogens (primary N) is 1. The van der Waals surface area contributed by atoms with Crippen molar-refractivity contribution in [1.82, 2.24) is 15.0 Å². The van der Waals surface area contributed by atoms with E-state index < -0.39 is 0 Å². The molecule has 0 amide bonds. The van der Waals surface area contributed by atoms with Crippen molar-refractivity contribution in [3.05, 3.63) is 35.2 Å². The highest BCUT2D eigenvalue weighted by Gasteiger charge is 2.19. The van der Waals surface area contributed by atoms with Crippen LogP contribution in [0, 0.1) is 0 Å². The van der Waals surface area contributed by atoms with Gasteiger partial charge in [0.1, 0.15) is 0 Å². The average Bonchev–Trinajstić information content (AvgIpc) is 2.88. The molecule has 1 saturated heterocycles. The standard InChI is InChI=1S/C14H17ClN4O/c15-11-5-3-10(4-6-11)14-17-13(20-18-14)9-19-7-1-2-12(16)8-19/h3-6,12H,1-2,7-9,16H2. The van der Waals surface area contributed by atoms with Gasteiger partial charge in [0, 0.05) is 23.2 Å². The Balaban J connectivity index is 1.69. The zero-order valence-corrected chi connectivity index (χ0v) is 11.9. The molecule has 1 aromatic heterocycles. The molecule has 2 heterocycles. The van der Waals surface area contributed by atoms with Gasteiger partial charge in [-0.2, -0.15) is 4.98 Å². The Labute approximate surface area is 122 Å². The Morgan fingerprint density at radius 2 is 2.15 bits per heavy atom. The maximum atomic E-state index is 5.97. The van der Waals surface area contributed by atoms with Crippen LogP contribution >= 0.6 is 11.6 Å². The number of halogens is 1. The van der Waals surface area contributed by atoms with Crippen LogP contribution in [0.1, 0.15) is 18.7 Å². The minimum atomic E-state index is 0.252. The molecular weight excluding hydrogens is 276 g/mol. The molecule has 0 bridgehead atoms. The van der Waals surface area contributed by atoms with Crippen molar-refractivity contribution in [3.63, 3.8) is 0 Å². The maximum Gasteiger partial charge on any atom is 0.241 e. The molecule has 2 aromatic rings. The Kier molecular flexibility index (Phi) is 4.00. The first kappa shape index (κ1) is 13.5. The van der Waals surface area contributed by atoms with Crippen molar-refractivity contribution in [3.8, 4) is 11.4 Å². The Morgan fingerprint density at radius 3 is 2.90 bits per heavy atom. The van der Waals surface area contributed by atoms with Crippen molar-refractivity contribution in [2.45, 2.75) is 25.4 Å². The van der Waals surface area contributed by atoms with Crippen LogP contribution in [-0.4, -0.2) is 34.2 Å². The summed E-state index contributed by atoms with van der Waals surface area (Å²) in [6.07, 6.45) is 2.22. The summed E-state index contributed by atoms with van der Waals surface area (Å²) in [4.78, 5) is 6.68. The highest BCUT2D eigenvalue weighted by molar-refractivity contribution is 6.30. The summed E-state index contributed by atoms with van der Waals surface area (Å²) in [5.74, 6) is 1.22. The number of rotatable bonds is 3. The lowest BCUT2D eigenvalue weighted by Crippen LogP contribution is -2.42. The van der Waals surface area contributed by atoms with Gasteiger partial charge in [-0.15, -0.1) is 0 Å². The van der Waals surface area contributed by atoms with Crippen LogP contribution in [-0.2, 0) is 6.54 Å². The largest absolute Gasteiger partial charge is 0.338 e. The molecule has 1 unspecified atom stereocenters. The third-order valence-corrected chi connectivity index (χ3v) is 3.72. The normalized spacial score (nSPS) is 20.2. The van der Waals surface area contributed by atoms with E-state index in [4.69, 9.17) is 21.9 Å². The molecule has 1 aliphatic rings. The second kappa shape index (κ2) is 5.91. The molecule has 1 aliphatic heterocycles. The highest BCUT2D eigenvalue weighted by atomic mass is 35.5. The van der Waals surface area contributed by atoms with Crippen LogP contribution in [0.3, 0.4) is 0 Å². The second-order valence-electron chi connectivity index (χ2n) is 5.16. The quantitative estimate of drug-likeness (QED) is 0.940. The summed E-state index contributed by atoms with van der Waals surface area (Å²) in [5, 5.41) is 4.71. The number of likely N-dealkylation sites (tertiary alicyclic amines) is 1. The van der Waals surface area contributed by atoms with Crippen LogP contribution in [0.5, 0.6) is 0 Å². The number of nitrogens with zero attached hydrogens (tertiary/aromatic N) is 3. The fourth-order valence-corrected chi connectivity index (χ4v) is 2.59. The van der Waals surface area contributed by atoms with Gasteiger partial charge in [0.05, 0.1) is 6.54 Å². The van der Waals surface area contributed by atoms with Gasteiger partial charge in [-0.3, -0.25) is 4.90 Å². The average molecular weight is 293 g/mol. The summed E-state index contributed by atoms with van der Waals surface area (Å²) in [6, 6.07) is 7.65. The van der Waals surface area contributed by atoms with Gasteiger partial charge in [0.15, 0.2) is 0 Å². The Morgan fingerprint density at radius 1 is 1.35 bits per heavy atom. The first-order valence-corrected chi connectivity index (χ1v) is 7.15. The number of benzene rings is 1. The molecule has 0 saturated carbocycles. The van der Waals surface area contributed by atoms with Crippen LogP contribution in [0.2, 0.25) is 5.02 Å². The Hall–Kier alpha value is -1.43. The van der Waals surface area contributed by atoms with E-state index in [1.807, 2.05) is 24.3 Å². The molecule has 106 valence electrons. The van der Waals surface area contributed by atoms with Crippen LogP contribution in [0.15, 0.2) is 28.8 Å². The van der Waals surface area contributed by atoms with E-state index in [0.29, 0.717) is 23.3 Å². The number of hydrogen-bond acceptors (Lipinski definition) is 5. The summed E-state index contributed by atoms with van der Waals surface area (Å²) in [5.41, 5.74) is 6.87. The third kappa shape index (κ3) is 3.17. The van der Waals surface area contributed by atoms with Crippen molar-refractivity contribution in [2.24, 2.45) is 5.73 Å². The van der Waals surface area contributed by atoms with Gasteiger partial charge in [-0.25, -0.2) is 0 Å². The first-order valence-electron chi connectivity index (χ1n) is 6.77. The maximum absolute atomic E-state index is 5.97. The minimum absolute atomic E-state index is 0.252. The molecular formula is C14H17ClN4O. The van der Waals surface area contributed by atoms with Crippen molar-refractivity contribution in [1.29, 1.82) is 0 Å². The fraction of sp³-hybridized carbons (Fsp3) is 0.429. The van der Waals surface area contributed by atoms with Gasteiger partial charge in [0.25, 0.3) is 0 Å². The minimum Gasteiger partial charge on any atom is -0.338 e. The highest BCUT2D eigenvalue weighted by Crippen LogP contribution is 2.19. The first-order chi connectivity index (χ1) is 9.70. The van der Waals surface area contributed by atoms with E-state index in [0.717, 1.165) is 31.5 Å². The molecule has 2 N–H and O–H groups in total. The lowest BCUT2D eigenvalue weighted by atomic mass is 10.1. The van der Waals surface area contributed by atoms with Crippen LogP contribution in [0.25, 0.3) is 11.4 Å². The van der Waals surface area contributed by atoms with E-state index in [1.165, 1.54) is 0 Å². The molecule has 0 spiro atoms. The van der Waals surface area contributed by atoms with Gasteiger partial charge < -0.3 is 10.3 Å². The van der Waals surface area contributed by atoms with Crippen molar-refractivity contribution in [2.75, 3.05) is 13.1 Å². The zero-order valence-electron chi connectivity index (χ0n) is 11.1. The molecule has 20 heavy (non-hydrogen) atoms. The molecule has 6 heteroatoms. The molecule has 0 radical (unpaired) electrons. The van der Waals surface area contributed by atoms with Crippen molar-refractivity contribution >= 4 is 11.6 Å². The van der Waals surface area contributed by atoms with Gasteiger partial charge in [0.2, 0.25) is 11.7 Å². The molecule has 1 atom stereocenters. The van der Waals surface area contributed by atoms with Gasteiger partial charge in [-0.1, -0.05) is 16.8 Å². The molecule has 1 aromatic carbocycles. The summed E-state index contributed by atoms with van der Waals surface area (Å²) in [6.45, 7) is 2.58. The molecule has 0 aliphatic carbocycles. The van der Waals surface area contributed by atoms with Crippen LogP contribution < -0.4 is 5.73 Å². The van der Waals surface area contributed by atoms with Gasteiger partial charge >= 0.3 is 0 Å². The summed E-state index contributed by atoms with van der Waals surface area (Å²) in [7, 11) is 0.